The number of aliphatic hydroxyl groups excluding tert-OH is 1. The molecule has 0 saturated carbocycles. The minimum Gasteiger partial charge on any atom is -0.394 e. The molecule has 1 aromatic rings. The molecule has 0 aromatic carbocycles. The Kier molecular flexibility index (Phi) is 5.47. The number of aliphatic hydroxyl groups is 1. The zero-order valence-corrected chi connectivity index (χ0v) is 12.3. The van der Waals surface area contributed by atoms with Gasteiger partial charge in [0.15, 0.2) is 0 Å². The number of rotatable bonds is 6. The maximum atomic E-state index is 9.21. The molecule has 1 aliphatic rings. The van der Waals surface area contributed by atoms with Gasteiger partial charge < -0.3 is 20.5 Å². The average Bonchev–Trinajstić information content (AvgIpc) is 2.84. The highest BCUT2D eigenvalue weighted by Gasteiger charge is 2.28. The maximum Gasteiger partial charge on any atom is 0.0966 e. The third-order valence-corrected chi connectivity index (χ3v) is 3.59. The van der Waals surface area contributed by atoms with Crippen LogP contribution in [0.15, 0.2) is 6.20 Å². The van der Waals surface area contributed by atoms with Gasteiger partial charge in [0.1, 0.15) is 0 Å². The van der Waals surface area contributed by atoms with Gasteiger partial charge in [0.25, 0.3) is 0 Å². The summed E-state index contributed by atoms with van der Waals surface area (Å²) < 4.78 is 7.65. The van der Waals surface area contributed by atoms with Crippen LogP contribution in [-0.4, -0.2) is 64.0 Å². The van der Waals surface area contributed by atoms with Gasteiger partial charge in [-0.3, -0.25) is 4.68 Å². The van der Waals surface area contributed by atoms with Crippen molar-refractivity contribution >= 4 is 0 Å². The van der Waals surface area contributed by atoms with Gasteiger partial charge >= 0.3 is 0 Å². The molecule has 1 saturated heterocycles. The predicted molar refractivity (Wildman–Crippen MR) is 75.0 cm³/mol. The first-order valence-corrected chi connectivity index (χ1v) is 7.14. The summed E-state index contributed by atoms with van der Waals surface area (Å²) in [6.07, 6.45) is 4.60. The van der Waals surface area contributed by atoms with E-state index >= 15 is 0 Å². The standard InChI is InChI=1S/C13H25N5O2/c1-17(2)7-10-8-18(16-15-10)6-5-11-3-4-12(14)13(9-19)20-11/h8,11-13,19H,3-7,9,14H2,1-2H3/t11-,12-,13-/m0/s1. The van der Waals surface area contributed by atoms with Crippen LogP contribution in [0, 0.1) is 0 Å². The van der Waals surface area contributed by atoms with Gasteiger partial charge in [-0.2, -0.15) is 0 Å². The van der Waals surface area contributed by atoms with Crippen LogP contribution in [0.1, 0.15) is 25.0 Å². The summed E-state index contributed by atoms with van der Waals surface area (Å²) in [6.45, 7) is 1.56. The minimum atomic E-state index is -0.228. The van der Waals surface area contributed by atoms with Crippen molar-refractivity contribution < 1.29 is 9.84 Å². The molecule has 0 spiro atoms. The molecule has 2 heterocycles. The van der Waals surface area contributed by atoms with E-state index in [-0.39, 0.29) is 24.9 Å². The summed E-state index contributed by atoms with van der Waals surface area (Å²) in [5.74, 6) is 0. The first kappa shape index (κ1) is 15.4. The van der Waals surface area contributed by atoms with Gasteiger partial charge in [0.05, 0.1) is 24.5 Å². The van der Waals surface area contributed by atoms with E-state index in [4.69, 9.17) is 10.5 Å². The van der Waals surface area contributed by atoms with E-state index in [9.17, 15) is 5.11 Å². The largest absolute Gasteiger partial charge is 0.394 e. The second-order valence-electron chi connectivity index (χ2n) is 5.72. The number of ether oxygens (including phenoxy) is 1. The first-order valence-electron chi connectivity index (χ1n) is 7.14. The molecule has 3 atom stereocenters. The number of hydrogen-bond donors (Lipinski definition) is 2. The van der Waals surface area contributed by atoms with Crippen LogP contribution >= 0.6 is 0 Å². The van der Waals surface area contributed by atoms with Crippen LogP contribution in [-0.2, 0) is 17.8 Å². The molecule has 0 amide bonds. The van der Waals surface area contributed by atoms with E-state index in [0.29, 0.717) is 0 Å². The molecule has 0 bridgehead atoms. The SMILES string of the molecule is CN(C)Cc1cn(CC[C@@H]2CC[C@H](N)[C@H](CO)O2)nn1. The summed E-state index contributed by atoms with van der Waals surface area (Å²) in [4.78, 5) is 2.06. The molecule has 0 aliphatic carbocycles. The molecule has 20 heavy (non-hydrogen) atoms. The number of nitrogens with zero attached hydrogens (tertiary/aromatic N) is 4. The third kappa shape index (κ3) is 4.24. The number of hydrogen-bond acceptors (Lipinski definition) is 6. The molecule has 1 fully saturated rings. The minimum absolute atomic E-state index is 0.00598. The zero-order chi connectivity index (χ0) is 14.5. The summed E-state index contributed by atoms with van der Waals surface area (Å²) >= 11 is 0. The van der Waals surface area contributed by atoms with E-state index < -0.39 is 0 Å². The van der Waals surface area contributed by atoms with Crippen LogP contribution in [0.3, 0.4) is 0 Å². The number of nitrogens with two attached hydrogens (primary N) is 1. The molecule has 1 aliphatic heterocycles. The topological polar surface area (TPSA) is 89.4 Å². The van der Waals surface area contributed by atoms with Crippen molar-refractivity contribution in [2.45, 2.75) is 50.6 Å². The number of aromatic nitrogens is 3. The Morgan fingerprint density at radius 2 is 2.30 bits per heavy atom. The third-order valence-electron chi connectivity index (χ3n) is 3.59. The van der Waals surface area contributed by atoms with Gasteiger partial charge in [-0.25, -0.2) is 0 Å². The highest BCUT2D eigenvalue weighted by molar-refractivity contribution is 4.91. The van der Waals surface area contributed by atoms with Crippen molar-refractivity contribution in [1.82, 2.24) is 19.9 Å². The van der Waals surface area contributed by atoms with Gasteiger partial charge in [-0.1, -0.05) is 5.21 Å². The van der Waals surface area contributed by atoms with Gasteiger partial charge in [-0.15, -0.1) is 5.10 Å². The zero-order valence-electron chi connectivity index (χ0n) is 12.3. The van der Waals surface area contributed by atoms with Crippen molar-refractivity contribution in [2.24, 2.45) is 5.73 Å². The lowest BCUT2D eigenvalue weighted by molar-refractivity contribution is -0.0861. The normalized spacial score (nSPS) is 27.1. The molecular formula is C13H25N5O2. The fourth-order valence-corrected chi connectivity index (χ4v) is 2.49. The Bertz CT molecular complexity index is 409. The van der Waals surface area contributed by atoms with Crippen molar-refractivity contribution in [3.8, 4) is 0 Å². The highest BCUT2D eigenvalue weighted by Crippen LogP contribution is 2.20. The van der Waals surface area contributed by atoms with Crippen molar-refractivity contribution in [1.29, 1.82) is 0 Å². The molecule has 1 aromatic heterocycles. The Morgan fingerprint density at radius 3 is 3.00 bits per heavy atom. The fraction of sp³-hybridized carbons (Fsp3) is 0.846. The molecule has 0 radical (unpaired) electrons. The quantitative estimate of drug-likeness (QED) is 0.738. The molecule has 0 unspecified atom stereocenters. The second-order valence-corrected chi connectivity index (χ2v) is 5.72. The Balaban J connectivity index is 1.78. The molecule has 7 nitrogen and oxygen atoms in total. The van der Waals surface area contributed by atoms with Gasteiger partial charge in [-0.05, 0) is 33.4 Å². The molecule has 3 N–H and O–H groups in total. The van der Waals surface area contributed by atoms with E-state index in [1.165, 1.54) is 0 Å². The molecule has 2 rings (SSSR count). The van der Waals surface area contributed by atoms with Crippen LogP contribution in [0.4, 0.5) is 0 Å². The van der Waals surface area contributed by atoms with Crippen molar-refractivity contribution in [3.05, 3.63) is 11.9 Å². The van der Waals surface area contributed by atoms with Crippen LogP contribution in [0.5, 0.6) is 0 Å². The van der Waals surface area contributed by atoms with Crippen LogP contribution < -0.4 is 5.73 Å². The molecular weight excluding hydrogens is 258 g/mol. The van der Waals surface area contributed by atoms with Crippen LogP contribution in [0.2, 0.25) is 0 Å². The van der Waals surface area contributed by atoms with E-state index in [0.717, 1.165) is 38.0 Å². The fourth-order valence-electron chi connectivity index (χ4n) is 2.49. The first-order chi connectivity index (χ1) is 9.58. The average molecular weight is 283 g/mol. The van der Waals surface area contributed by atoms with Crippen LogP contribution in [0.25, 0.3) is 0 Å². The highest BCUT2D eigenvalue weighted by atomic mass is 16.5. The van der Waals surface area contributed by atoms with E-state index in [1.807, 2.05) is 25.0 Å². The molecule has 114 valence electrons. The number of aryl methyl sites for hydroxylation is 1. The molecule has 7 heteroatoms. The van der Waals surface area contributed by atoms with E-state index in [2.05, 4.69) is 15.2 Å². The summed E-state index contributed by atoms with van der Waals surface area (Å²) in [7, 11) is 4.01. The second kappa shape index (κ2) is 7.12. The lowest BCUT2D eigenvalue weighted by Gasteiger charge is -2.33. The lowest BCUT2D eigenvalue weighted by atomic mass is 9.98. The summed E-state index contributed by atoms with van der Waals surface area (Å²) in [5, 5.41) is 17.5. The van der Waals surface area contributed by atoms with Gasteiger partial charge in [0, 0.05) is 25.3 Å². The van der Waals surface area contributed by atoms with Crippen molar-refractivity contribution in [2.75, 3.05) is 20.7 Å². The van der Waals surface area contributed by atoms with E-state index in [1.54, 1.807) is 0 Å². The van der Waals surface area contributed by atoms with Crippen molar-refractivity contribution in [3.63, 3.8) is 0 Å². The summed E-state index contributed by atoms with van der Waals surface area (Å²) in [5.41, 5.74) is 6.86. The Morgan fingerprint density at radius 1 is 1.50 bits per heavy atom. The monoisotopic (exact) mass is 283 g/mol. The summed E-state index contributed by atoms with van der Waals surface area (Å²) in [6, 6.07) is -0.0469. The lowest BCUT2D eigenvalue weighted by Crippen LogP contribution is -2.46. The smallest absolute Gasteiger partial charge is 0.0966 e. The maximum absolute atomic E-state index is 9.21. The van der Waals surface area contributed by atoms with Gasteiger partial charge in [0.2, 0.25) is 0 Å². The Labute approximate surface area is 119 Å². The Hall–Kier alpha value is -1.02. The predicted octanol–water partition coefficient (Wildman–Crippen LogP) is -0.403.